The van der Waals surface area contributed by atoms with Gasteiger partial charge in [0, 0.05) is 26.8 Å². The van der Waals surface area contributed by atoms with Crippen LogP contribution in [-0.2, 0) is 0 Å². The summed E-state index contributed by atoms with van der Waals surface area (Å²) in [5.74, 6) is 1.77. The highest BCUT2D eigenvalue weighted by Gasteiger charge is 2.21. The Labute approximate surface area is 178 Å². The summed E-state index contributed by atoms with van der Waals surface area (Å²) < 4.78 is 32.7. The summed E-state index contributed by atoms with van der Waals surface area (Å²) in [5, 5.41) is 0. The smallest absolute Gasteiger partial charge is 0.0777 e. The van der Waals surface area contributed by atoms with E-state index in [2.05, 4.69) is 75.4 Å². The van der Waals surface area contributed by atoms with Crippen LogP contribution < -0.4 is 14.0 Å². The Hall–Kier alpha value is -1.15. The molecule has 0 amide bonds. The summed E-state index contributed by atoms with van der Waals surface area (Å²) in [4.78, 5) is 4.38. The Morgan fingerprint density at radius 3 is 1.97 bits per heavy atom. The molecular weight excluding hydrogens is 392 g/mol. The van der Waals surface area contributed by atoms with Gasteiger partial charge in [0.2, 0.25) is 0 Å². The highest BCUT2D eigenvalue weighted by molar-refractivity contribution is 5.66. The lowest BCUT2D eigenvalue weighted by Crippen LogP contribution is -2.58. The number of hydrogen-bond donors (Lipinski definition) is 1. The first-order valence-electron chi connectivity index (χ1n) is 10.2. The van der Waals surface area contributed by atoms with Crippen molar-refractivity contribution in [2.24, 2.45) is 5.92 Å². The van der Waals surface area contributed by atoms with Crippen molar-refractivity contribution in [1.29, 1.82) is 0 Å². The van der Waals surface area contributed by atoms with E-state index in [1.54, 1.807) is 5.56 Å². The molecule has 1 aromatic rings. The van der Waals surface area contributed by atoms with Crippen molar-refractivity contribution in [2.75, 3.05) is 34.7 Å². The number of rotatable bonds is 7. The van der Waals surface area contributed by atoms with Gasteiger partial charge < -0.3 is 9.80 Å². The van der Waals surface area contributed by atoms with Crippen LogP contribution in [0.1, 0.15) is 62.5 Å². The van der Waals surface area contributed by atoms with E-state index in [1.807, 2.05) is 0 Å². The fourth-order valence-corrected chi connectivity index (χ4v) is 4.02. The summed E-state index contributed by atoms with van der Waals surface area (Å²) in [5.41, 5.74) is 4.27. The summed E-state index contributed by atoms with van der Waals surface area (Å²) >= 11 is 0. The average molecular weight is 429 g/mol. The minimum Gasteiger partial charge on any atom is -0.383 e. The van der Waals surface area contributed by atoms with Gasteiger partial charge in [-0.1, -0.05) is 44.0 Å². The van der Waals surface area contributed by atoms with Crippen molar-refractivity contribution in [3.05, 3.63) is 41.6 Å². The van der Waals surface area contributed by atoms with Crippen LogP contribution in [0.5, 0.6) is 0 Å². The SMILES string of the molecule is CCCC1CCC(c2ccc(C(=CN(C)C)CN(C)C)cc2)CC1.[O-][Cl+3]([O-])([O-])O. The summed E-state index contributed by atoms with van der Waals surface area (Å²) in [6.45, 7) is 3.29. The molecule has 1 aliphatic carbocycles. The first-order chi connectivity index (χ1) is 13.5. The second-order valence-corrected chi connectivity index (χ2v) is 9.17. The Morgan fingerprint density at radius 2 is 1.55 bits per heavy atom. The minimum absolute atomic E-state index is 0.780. The molecule has 0 spiro atoms. The summed E-state index contributed by atoms with van der Waals surface area (Å²) in [7, 11) is 3.76. The van der Waals surface area contributed by atoms with E-state index >= 15 is 0 Å². The second-order valence-electron chi connectivity index (χ2n) is 8.38. The Balaban J connectivity index is 0.000000749. The summed E-state index contributed by atoms with van der Waals surface area (Å²) in [6, 6.07) is 9.40. The third-order valence-corrected chi connectivity index (χ3v) is 5.20. The van der Waals surface area contributed by atoms with Gasteiger partial charge in [0.25, 0.3) is 0 Å². The molecule has 0 aliphatic heterocycles. The quantitative estimate of drug-likeness (QED) is 0.698. The molecule has 2 rings (SSSR count). The predicted octanol–water partition coefficient (Wildman–Crippen LogP) is 1.10. The molecule has 0 heterocycles. The van der Waals surface area contributed by atoms with Gasteiger partial charge in [0.1, 0.15) is 0 Å². The highest BCUT2D eigenvalue weighted by atomic mass is 35.7. The third kappa shape index (κ3) is 11.6. The lowest BCUT2D eigenvalue weighted by atomic mass is 9.77. The molecule has 1 saturated carbocycles. The van der Waals surface area contributed by atoms with Crippen molar-refractivity contribution in [3.8, 4) is 0 Å². The van der Waals surface area contributed by atoms with Crippen LogP contribution in [0.25, 0.3) is 5.57 Å². The van der Waals surface area contributed by atoms with Crippen molar-refractivity contribution in [3.63, 3.8) is 0 Å². The zero-order valence-electron chi connectivity index (χ0n) is 18.4. The molecule has 0 atom stereocenters. The number of likely N-dealkylation sites (N-methyl/N-ethyl adjacent to an activating group) is 1. The maximum absolute atomic E-state index is 8.60. The van der Waals surface area contributed by atoms with Crippen LogP contribution >= 0.6 is 0 Å². The van der Waals surface area contributed by atoms with E-state index < -0.39 is 10.2 Å². The van der Waals surface area contributed by atoms with Gasteiger partial charge in [-0.15, -0.1) is 0 Å². The number of benzene rings is 1. The van der Waals surface area contributed by atoms with E-state index in [0.717, 1.165) is 18.4 Å². The van der Waals surface area contributed by atoms with Crippen LogP contribution in [0.3, 0.4) is 0 Å². The molecule has 0 bridgehead atoms. The van der Waals surface area contributed by atoms with Crippen LogP contribution in [-0.4, -0.2) is 49.2 Å². The molecule has 1 fully saturated rings. The number of hydrogen-bond acceptors (Lipinski definition) is 6. The van der Waals surface area contributed by atoms with Gasteiger partial charge in [0.15, 0.2) is 0 Å². The predicted molar refractivity (Wildman–Crippen MR) is 108 cm³/mol. The normalized spacial score (nSPS) is 20.3. The molecule has 1 N–H and O–H groups in total. The molecule has 0 radical (unpaired) electrons. The van der Waals surface area contributed by atoms with Crippen molar-refractivity contribution in [1.82, 2.24) is 9.80 Å². The summed E-state index contributed by atoms with van der Waals surface area (Å²) in [6.07, 6.45) is 10.6. The molecule has 1 aromatic carbocycles. The van der Waals surface area contributed by atoms with Gasteiger partial charge in [-0.25, -0.2) is 0 Å². The fourth-order valence-electron chi connectivity index (χ4n) is 4.02. The number of nitrogens with zero attached hydrogens (tertiary/aromatic N) is 2. The highest BCUT2D eigenvalue weighted by Crippen LogP contribution is 2.37. The lowest BCUT2D eigenvalue weighted by molar-refractivity contribution is -1.92. The first-order valence-corrected chi connectivity index (χ1v) is 11.5. The average Bonchev–Trinajstić information content (AvgIpc) is 2.60. The van der Waals surface area contributed by atoms with E-state index in [9.17, 15) is 0 Å². The van der Waals surface area contributed by atoms with E-state index in [-0.39, 0.29) is 0 Å². The largest absolute Gasteiger partial charge is 0.383 e. The van der Waals surface area contributed by atoms with E-state index in [0.29, 0.717) is 0 Å². The molecule has 29 heavy (non-hydrogen) atoms. The van der Waals surface area contributed by atoms with Crippen LogP contribution in [0.4, 0.5) is 0 Å². The zero-order chi connectivity index (χ0) is 22.0. The molecule has 7 heteroatoms. The standard InChI is InChI=1S/C22H36N2.ClHO4/c1-6-7-18-8-10-19(11-9-18)20-12-14-21(15-13-20)22(16-23(2)3)17-24(4)5;2-1(3,4)5/h12-16,18-19H,6-11,17H2,1-5H3;(H,2,3,4,5). The monoisotopic (exact) mass is 428 g/mol. The fraction of sp³-hybridized carbons (Fsp3) is 0.636. The Morgan fingerprint density at radius 1 is 1.03 bits per heavy atom. The van der Waals surface area contributed by atoms with Crippen LogP contribution in [0.15, 0.2) is 30.5 Å². The maximum Gasteiger partial charge on any atom is 0.0777 e. The molecule has 166 valence electrons. The Kier molecular flexibility index (Phi) is 11.2. The Bertz CT molecular complexity index is 598. The maximum atomic E-state index is 8.60. The zero-order valence-corrected chi connectivity index (χ0v) is 19.2. The third-order valence-electron chi connectivity index (χ3n) is 5.20. The molecule has 0 unspecified atom stereocenters. The molecular formula is C22H37ClN2O4. The van der Waals surface area contributed by atoms with E-state index in [4.69, 9.17) is 18.6 Å². The molecule has 0 saturated heterocycles. The van der Waals surface area contributed by atoms with Crippen LogP contribution in [0, 0.1) is 16.2 Å². The molecule has 0 aromatic heterocycles. The first kappa shape index (κ1) is 25.9. The second kappa shape index (κ2) is 12.5. The van der Waals surface area contributed by atoms with Gasteiger partial charge in [-0.2, -0.15) is 14.0 Å². The number of halogens is 1. The molecule has 6 nitrogen and oxygen atoms in total. The minimum atomic E-state index is -4.69. The van der Waals surface area contributed by atoms with Gasteiger partial charge >= 0.3 is 0 Å². The topological polar surface area (TPSA) is 95.9 Å². The van der Waals surface area contributed by atoms with E-state index in [1.165, 1.54) is 49.7 Å². The van der Waals surface area contributed by atoms with Crippen molar-refractivity contribution in [2.45, 2.75) is 51.4 Å². The lowest BCUT2D eigenvalue weighted by Gasteiger charge is -2.28. The van der Waals surface area contributed by atoms with Gasteiger partial charge in [-0.3, -0.25) is 0 Å². The van der Waals surface area contributed by atoms with Crippen molar-refractivity contribution >= 4 is 5.57 Å². The van der Waals surface area contributed by atoms with Crippen LogP contribution in [0.2, 0.25) is 0 Å². The molecule has 1 aliphatic rings. The van der Waals surface area contributed by atoms with Crippen molar-refractivity contribution < 1.29 is 28.9 Å². The van der Waals surface area contributed by atoms with Gasteiger partial charge in [-0.05, 0) is 68.3 Å². The van der Waals surface area contributed by atoms with Gasteiger partial charge in [0.05, 0.1) is 14.9 Å².